The maximum Gasteiger partial charge on any atom is -0.00879 e. The highest BCUT2D eigenvalue weighted by atomic mass is 14.2. The molecule has 0 heterocycles. The number of hydrogen-bond acceptors (Lipinski definition) is 0. The van der Waals surface area contributed by atoms with Crippen LogP contribution in [0.5, 0.6) is 0 Å². The van der Waals surface area contributed by atoms with Gasteiger partial charge < -0.3 is 0 Å². The molecule has 0 bridgehead atoms. The van der Waals surface area contributed by atoms with Gasteiger partial charge in [-0.05, 0) is 53.5 Å². The van der Waals surface area contributed by atoms with Crippen molar-refractivity contribution in [2.45, 2.75) is 39.5 Å². The van der Waals surface area contributed by atoms with Crippen LogP contribution in [0.2, 0.25) is 0 Å². The van der Waals surface area contributed by atoms with Crippen LogP contribution < -0.4 is 0 Å². The second-order valence-corrected chi connectivity index (χ2v) is 6.36. The van der Waals surface area contributed by atoms with Gasteiger partial charge in [-0.25, -0.2) is 0 Å². The standard InChI is InChI=1S/C26H30/c1-5-15-21(7-3)24(8-4)26(23-19-13-10-14-20-23)25(16-6-2)22-17-11-9-12-18-22/h5-6,9-14,17-20H,1-2,7-8,15-16H2,3-4H3/b24-21-,26-25+. The molecule has 0 fully saturated rings. The summed E-state index contributed by atoms with van der Waals surface area (Å²) < 4.78 is 0. The minimum Gasteiger partial charge on any atom is -0.103 e. The van der Waals surface area contributed by atoms with E-state index in [2.05, 4.69) is 87.7 Å². The summed E-state index contributed by atoms with van der Waals surface area (Å²) in [5.74, 6) is 0. The molecule has 0 aliphatic rings. The van der Waals surface area contributed by atoms with Crippen LogP contribution in [0, 0.1) is 0 Å². The molecule has 0 radical (unpaired) electrons. The molecule has 0 nitrogen and oxygen atoms in total. The van der Waals surface area contributed by atoms with E-state index in [0.29, 0.717) is 0 Å². The van der Waals surface area contributed by atoms with E-state index in [1.807, 2.05) is 12.2 Å². The molecule has 0 aromatic heterocycles. The molecule has 0 saturated heterocycles. The molecule has 0 spiro atoms. The van der Waals surface area contributed by atoms with Crippen LogP contribution in [0.25, 0.3) is 11.1 Å². The SMILES string of the molecule is C=CC/C(CC)=C(CC)\C(=C(/CC=C)c1ccccc1)c1ccccc1. The molecule has 0 aliphatic carbocycles. The van der Waals surface area contributed by atoms with Crippen molar-refractivity contribution in [2.75, 3.05) is 0 Å². The average Bonchev–Trinajstić information content (AvgIpc) is 2.70. The van der Waals surface area contributed by atoms with Crippen LogP contribution >= 0.6 is 0 Å². The van der Waals surface area contributed by atoms with Gasteiger partial charge in [0.2, 0.25) is 0 Å². The van der Waals surface area contributed by atoms with E-state index in [1.54, 1.807) is 0 Å². The summed E-state index contributed by atoms with van der Waals surface area (Å²) in [5, 5.41) is 0. The Morgan fingerprint density at radius 1 is 0.731 bits per heavy atom. The largest absolute Gasteiger partial charge is 0.103 e. The lowest BCUT2D eigenvalue weighted by Crippen LogP contribution is -2.00. The Balaban J connectivity index is 2.85. The first-order chi connectivity index (χ1) is 12.8. The minimum absolute atomic E-state index is 0.850. The van der Waals surface area contributed by atoms with Crippen molar-refractivity contribution >= 4 is 11.1 Å². The smallest absolute Gasteiger partial charge is 0.00879 e. The lowest BCUT2D eigenvalue weighted by molar-refractivity contribution is 0.973. The van der Waals surface area contributed by atoms with E-state index in [1.165, 1.54) is 33.4 Å². The molecule has 0 saturated carbocycles. The van der Waals surface area contributed by atoms with Crippen LogP contribution in [-0.4, -0.2) is 0 Å². The minimum atomic E-state index is 0.850. The molecular weight excluding hydrogens is 312 g/mol. The summed E-state index contributed by atoms with van der Waals surface area (Å²) in [5.41, 5.74) is 8.17. The Hall–Kier alpha value is -2.60. The van der Waals surface area contributed by atoms with Crippen molar-refractivity contribution in [1.82, 2.24) is 0 Å². The van der Waals surface area contributed by atoms with E-state index in [-0.39, 0.29) is 0 Å². The third-order valence-corrected chi connectivity index (χ3v) is 4.73. The first kappa shape index (κ1) is 19.7. The summed E-state index contributed by atoms with van der Waals surface area (Å²) >= 11 is 0. The Labute approximate surface area is 159 Å². The zero-order valence-electron chi connectivity index (χ0n) is 16.2. The summed E-state index contributed by atoms with van der Waals surface area (Å²) in [6.45, 7) is 12.5. The van der Waals surface area contributed by atoms with Crippen molar-refractivity contribution < 1.29 is 0 Å². The molecule has 0 unspecified atom stereocenters. The molecule has 0 N–H and O–H groups in total. The third-order valence-electron chi connectivity index (χ3n) is 4.73. The fraction of sp³-hybridized carbons (Fsp3) is 0.231. The highest BCUT2D eigenvalue weighted by molar-refractivity contribution is 5.99. The predicted molar refractivity (Wildman–Crippen MR) is 117 cm³/mol. The molecule has 134 valence electrons. The molecule has 0 aliphatic heterocycles. The lowest BCUT2D eigenvalue weighted by Gasteiger charge is -2.21. The maximum absolute atomic E-state index is 4.02. The van der Waals surface area contributed by atoms with Crippen molar-refractivity contribution in [1.29, 1.82) is 0 Å². The van der Waals surface area contributed by atoms with Crippen molar-refractivity contribution in [3.63, 3.8) is 0 Å². The Morgan fingerprint density at radius 3 is 1.73 bits per heavy atom. The summed E-state index contributed by atoms with van der Waals surface area (Å²) in [6, 6.07) is 21.5. The van der Waals surface area contributed by atoms with Gasteiger partial charge in [0.05, 0.1) is 0 Å². The number of hydrogen-bond donors (Lipinski definition) is 0. The van der Waals surface area contributed by atoms with Gasteiger partial charge in [-0.15, -0.1) is 13.2 Å². The molecular formula is C26H30. The van der Waals surface area contributed by atoms with Gasteiger partial charge in [0, 0.05) is 0 Å². The quantitative estimate of drug-likeness (QED) is 0.247. The Morgan fingerprint density at radius 2 is 1.27 bits per heavy atom. The Kier molecular flexibility index (Phi) is 7.89. The molecule has 0 heteroatoms. The van der Waals surface area contributed by atoms with Crippen molar-refractivity contribution in [3.8, 4) is 0 Å². The monoisotopic (exact) mass is 342 g/mol. The fourth-order valence-electron chi connectivity index (χ4n) is 3.54. The second kappa shape index (κ2) is 10.4. The van der Waals surface area contributed by atoms with Gasteiger partial charge in [0.25, 0.3) is 0 Å². The van der Waals surface area contributed by atoms with Crippen LogP contribution in [0.4, 0.5) is 0 Å². The molecule has 0 atom stereocenters. The zero-order chi connectivity index (χ0) is 18.8. The van der Waals surface area contributed by atoms with E-state index >= 15 is 0 Å². The summed E-state index contributed by atoms with van der Waals surface area (Å²) in [7, 11) is 0. The molecule has 2 rings (SSSR count). The van der Waals surface area contributed by atoms with Crippen LogP contribution in [0.3, 0.4) is 0 Å². The fourth-order valence-corrected chi connectivity index (χ4v) is 3.54. The predicted octanol–water partition coefficient (Wildman–Crippen LogP) is 7.87. The normalized spacial score (nSPS) is 12.8. The Bertz CT molecular complexity index is 773. The average molecular weight is 343 g/mol. The van der Waals surface area contributed by atoms with Gasteiger partial charge in [-0.1, -0.05) is 92.2 Å². The van der Waals surface area contributed by atoms with Gasteiger partial charge in [-0.2, -0.15) is 0 Å². The van der Waals surface area contributed by atoms with Crippen LogP contribution in [-0.2, 0) is 0 Å². The first-order valence-corrected chi connectivity index (χ1v) is 9.53. The molecule has 26 heavy (non-hydrogen) atoms. The topological polar surface area (TPSA) is 0 Å². The first-order valence-electron chi connectivity index (χ1n) is 9.53. The summed E-state index contributed by atoms with van der Waals surface area (Å²) in [4.78, 5) is 0. The van der Waals surface area contributed by atoms with Crippen molar-refractivity contribution in [3.05, 3.63) is 108 Å². The third kappa shape index (κ3) is 4.73. The van der Waals surface area contributed by atoms with Gasteiger partial charge in [0.15, 0.2) is 0 Å². The van der Waals surface area contributed by atoms with E-state index in [4.69, 9.17) is 0 Å². The lowest BCUT2D eigenvalue weighted by atomic mass is 9.83. The number of rotatable bonds is 9. The van der Waals surface area contributed by atoms with Gasteiger partial charge in [-0.3, -0.25) is 0 Å². The van der Waals surface area contributed by atoms with Gasteiger partial charge in [0.1, 0.15) is 0 Å². The van der Waals surface area contributed by atoms with E-state index < -0.39 is 0 Å². The molecule has 2 aromatic carbocycles. The highest BCUT2D eigenvalue weighted by Gasteiger charge is 2.16. The number of benzene rings is 2. The molecule has 0 amide bonds. The van der Waals surface area contributed by atoms with Crippen molar-refractivity contribution in [2.24, 2.45) is 0 Å². The zero-order valence-corrected chi connectivity index (χ0v) is 16.2. The highest BCUT2D eigenvalue weighted by Crippen LogP contribution is 2.38. The summed E-state index contributed by atoms with van der Waals surface area (Å²) in [6.07, 6.45) is 7.87. The number of allylic oxidation sites excluding steroid dienone is 6. The van der Waals surface area contributed by atoms with Crippen LogP contribution in [0.15, 0.2) is 97.1 Å². The molecule has 2 aromatic rings. The van der Waals surface area contributed by atoms with Gasteiger partial charge >= 0.3 is 0 Å². The van der Waals surface area contributed by atoms with E-state index in [9.17, 15) is 0 Å². The van der Waals surface area contributed by atoms with E-state index in [0.717, 1.165) is 25.7 Å². The maximum atomic E-state index is 4.02. The second-order valence-electron chi connectivity index (χ2n) is 6.36. The van der Waals surface area contributed by atoms with Crippen LogP contribution in [0.1, 0.15) is 50.7 Å².